The van der Waals surface area contributed by atoms with E-state index in [1.165, 1.54) is 11.3 Å². The van der Waals surface area contributed by atoms with Crippen LogP contribution in [-0.2, 0) is 9.53 Å². The van der Waals surface area contributed by atoms with Crippen LogP contribution in [0.4, 0.5) is 5.69 Å². The zero-order valence-corrected chi connectivity index (χ0v) is 15.6. The van der Waals surface area contributed by atoms with Gasteiger partial charge in [0.25, 0.3) is 5.91 Å². The van der Waals surface area contributed by atoms with Crippen LogP contribution in [0.5, 0.6) is 5.75 Å². The second kappa shape index (κ2) is 9.00. The summed E-state index contributed by atoms with van der Waals surface area (Å²) in [6.07, 6.45) is -1.07. The highest BCUT2D eigenvalue weighted by molar-refractivity contribution is 7.11. The molecule has 0 fully saturated rings. The van der Waals surface area contributed by atoms with Gasteiger partial charge in [-0.2, -0.15) is 0 Å². The summed E-state index contributed by atoms with van der Waals surface area (Å²) in [5.74, 6) is -0.421. The van der Waals surface area contributed by atoms with Gasteiger partial charge in [0.1, 0.15) is 10.6 Å². The molecule has 5 nitrogen and oxygen atoms in total. The molecule has 1 N–H and O–H groups in total. The fraction of sp³-hybridized carbons (Fsp3) is 0.143. The molecule has 0 aliphatic heterocycles. The number of amides is 1. The molecule has 0 spiro atoms. The Morgan fingerprint density at radius 2 is 1.74 bits per heavy atom. The van der Waals surface area contributed by atoms with Gasteiger partial charge >= 0.3 is 5.97 Å². The maximum absolute atomic E-state index is 12.9. The monoisotopic (exact) mass is 381 g/mol. The molecule has 0 saturated heterocycles. The van der Waals surface area contributed by atoms with Crippen molar-refractivity contribution in [1.29, 1.82) is 0 Å². The number of para-hydroxylation sites is 2. The van der Waals surface area contributed by atoms with E-state index in [2.05, 4.69) is 5.32 Å². The van der Waals surface area contributed by atoms with E-state index >= 15 is 0 Å². The number of ether oxygens (including phenoxy) is 2. The molecule has 0 bridgehead atoms. The predicted octanol–water partition coefficient (Wildman–Crippen LogP) is 4.68. The Labute approximate surface area is 161 Å². The van der Waals surface area contributed by atoms with Gasteiger partial charge in [0.2, 0.25) is 6.10 Å². The Balaban J connectivity index is 1.84. The molecular weight excluding hydrogens is 362 g/mol. The quantitative estimate of drug-likeness (QED) is 0.603. The molecule has 0 radical (unpaired) electrons. The summed E-state index contributed by atoms with van der Waals surface area (Å²) >= 11 is 1.27. The van der Waals surface area contributed by atoms with Crippen molar-refractivity contribution in [3.63, 3.8) is 0 Å². The van der Waals surface area contributed by atoms with Crippen LogP contribution in [0.25, 0.3) is 0 Å². The van der Waals surface area contributed by atoms with Crippen molar-refractivity contribution in [1.82, 2.24) is 0 Å². The summed E-state index contributed by atoms with van der Waals surface area (Å²) in [6, 6.07) is 19.5. The Bertz CT molecular complexity index is 894. The molecule has 0 aliphatic rings. The van der Waals surface area contributed by atoms with Crippen LogP contribution in [0.3, 0.4) is 0 Å². The van der Waals surface area contributed by atoms with Gasteiger partial charge in [-0.05, 0) is 30.5 Å². The molecule has 3 rings (SSSR count). The van der Waals surface area contributed by atoms with Gasteiger partial charge in [0.15, 0.2) is 0 Å². The maximum atomic E-state index is 12.9. The van der Waals surface area contributed by atoms with Gasteiger partial charge < -0.3 is 14.8 Å². The number of hydrogen-bond acceptors (Lipinski definition) is 5. The molecule has 1 aromatic heterocycles. The zero-order chi connectivity index (χ0) is 19.1. The lowest BCUT2D eigenvalue weighted by Gasteiger charge is -2.19. The van der Waals surface area contributed by atoms with Crippen LogP contribution in [0.15, 0.2) is 72.1 Å². The highest BCUT2D eigenvalue weighted by Gasteiger charge is 2.26. The summed E-state index contributed by atoms with van der Waals surface area (Å²) in [4.78, 5) is 25.8. The first kappa shape index (κ1) is 18.7. The van der Waals surface area contributed by atoms with E-state index in [9.17, 15) is 9.59 Å². The Kier molecular flexibility index (Phi) is 6.22. The van der Waals surface area contributed by atoms with E-state index < -0.39 is 18.0 Å². The van der Waals surface area contributed by atoms with Crippen molar-refractivity contribution in [2.75, 3.05) is 11.9 Å². The summed E-state index contributed by atoms with van der Waals surface area (Å²) in [5.41, 5.74) is 1.12. The number of nitrogens with one attached hydrogen (secondary N) is 1. The van der Waals surface area contributed by atoms with E-state index in [1.54, 1.807) is 60.0 Å². The molecule has 3 aromatic rings. The first-order chi connectivity index (χ1) is 13.2. The second-order valence-corrected chi connectivity index (χ2v) is 6.54. The summed E-state index contributed by atoms with van der Waals surface area (Å²) < 4.78 is 11.1. The van der Waals surface area contributed by atoms with E-state index in [1.807, 2.05) is 19.1 Å². The Morgan fingerprint density at radius 1 is 1.00 bits per heavy atom. The minimum Gasteiger partial charge on any atom is -0.492 e. The molecular formula is C21H19NO4S. The number of carbonyl (C=O) groups is 2. The van der Waals surface area contributed by atoms with Crippen molar-refractivity contribution in [3.05, 3.63) is 82.6 Å². The summed E-state index contributed by atoms with van der Waals surface area (Å²) in [6.45, 7) is 2.34. The van der Waals surface area contributed by atoms with Crippen molar-refractivity contribution >= 4 is 28.9 Å². The number of carbonyl (C=O) groups excluding carboxylic acids is 2. The maximum Gasteiger partial charge on any atom is 0.349 e. The number of esters is 1. The molecule has 27 heavy (non-hydrogen) atoms. The highest BCUT2D eigenvalue weighted by atomic mass is 32.1. The van der Waals surface area contributed by atoms with Crippen molar-refractivity contribution in [3.8, 4) is 5.75 Å². The molecule has 0 saturated carbocycles. The van der Waals surface area contributed by atoms with Gasteiger partial charge in [-0.3, -0.25) is 4.79 Å². The van der Waals surface area contributed by atoms with Crippen LogP contribution in [0.2, 0.25) is 0 Å². The lowest BCUT2D eigenvalue weighted by Crippen LogP contribution is -2.26. The van der Waals surface area contributed by atoms with Crippen LogP contribution in [0.1, 0.15) is 28.3 Å². The van der Waals surface area contributed by atoms with Crippen LogP contribution >= 0.6 is 11.3 Å². The molecule has 1 atom stereocenters. The van der Waals surface area contributed by atoms with Crippen molar-refractivity contribution < 1.29 is 19.1 Å². The Hall–Kier alpha value is -3.12. The van der Waals surface area contributed by atoms with Gasteiger partial charge in [-0.15, -0.1) is 11.3 Å². The molecule has 2 aromatic carbocycles. The average molecular weight is 381 g/mol. The average Bonchev–Trinajstić information content (AvgIpc) is 3.23. The van der Waals surface area contributed by atoms with Crippen molar-refractivity contribution in [2.45, 2.75) is 13.0 Å². The van der Waals surface area contributed by atoms with Gasteiger partial charge in [0, 0.05) is 5.56 Å². The molecule has 138 valence electrons. The number of anilines is 1. The minimum atomic E-state index is -1.07. The first-order valence-corrected chi connectivity index (χ1v) is 9.39. The largest absolute Gasteiger partial charge is 0.492 e. The van der Waals surface area contributed by atoms with E-state index in [0.29, 0.717) is 28.5 Å². The van der Waals surface area contributed by atoms with Gasteiger partial charge in [-0.25, -0.2) is 4.79 Å². The summed E-state index contributed by atoms with van der Waals surface area (Å²) in [7, 11) is 0. The first-order valence-electron chi connectivity index (χ1n) is 8.51. The Morgan fingerprint density at radius 3 is 2.44 bits per heavy atom. The SMILES string of the molecule is CCOc1ccccc1NC(=O)C(OC(=O)c1cccs1)c1ccccc1. The van der Waals surface area contributed by atoms with Gasteiger partial charge in [-0.1, -0.05) is 48.5 Å². The fourth-order valence-electron chi connectivity index (χ4n) is 2.51. The molecule has 1 unspecified atom stereocenters. The topological polar surface area (TPSA) is 64.6 Å². The predicted molar refractivity (Wildman–Crippen MR) is 105 cm³/mol. The smallest absolute Gasteiger partial charge is 0.349 e. The number of rotatable bonds is 7. The molecule has 6 heteroatoms. The van der Waals surface area contributed by atoms with Crippen LogP contribution in [0, 0.1) is 0 Å². The molecule has 1 amide bonds. The fourth-order valence-corrected chi connectivity index (χ4v) is 3.12. The lowest BCUT2D eigenvalue weighted by molar-refractivity contribution is -0.125. The van der Waals surface area contributed by atoms with Crippen LogP contribution < -0.4 is 10.1 Å². The van der Waals surface area contributed by atoms with E-state index in [0.717, 1.165) is 0 Å². The molecule has 0 aliphatic carbocycles. The second-order valence-electron chi connectivity index (χ2n) is 5.59. The highest BCUT2D eigenvalue weighted by Crippen LogP contribution is 2.27. The lowest BCUT2D eigenvalue weighted by atomic mass is 10.1. The third kappa shape index (κ3) is 4.74. The minimum absolute atomic E-state index is 0.443. The number of benzene rings is 2. The van der Waals surface area contributed by atoms with Gasteiger partial charge in [0.05, 0.1) is 12.3 Å². The van der Waals surface area contributed by atoms with E-state index in [4.69, 9.17) is 9.47 Å². The van der Waals surface area contributed by atoms with Crippen molar-refractivity contribution in [2.24, 2.45) is 0 Å². The third-order valence-corrected chi connectivity index (χ3v) is 4.58. The zero-order valence-electron chi connectivity index (χ0n) is 14.8. The van der Waals surface area contributed by atoms with E-state index in [-0.39, 0.29) is 0 Å². The summed E-state index contributed by atoms with van der Waals surface area (Å²) in [5, 5.41) is 4.59. The number of thiophene rings is 1. The third-order valence-electron chi connectivity index (χ3n) is 3.73. The standard InChI is InChI=1S/C21H19NO4S/c1-2-25-17-12-7-6-11-16(17)22-20(23)19(15-9-4-3-5-10-15)26-21(24)18-13-8-14-27-18/h3-14,19H,2H2,1H3,(H,22,23). The van der Waals surface area contributed by atoms with Crippen LogP contribution in [-0.4, -0.2) is 18.5 Å². The number of hydrogen-bond donors (Lipinski definition) is 1. The normalized spacial score (nSPS) is 11.4. The molecule has 1 heterocycles.